The Bertz CT molecular complexity index is 916. The Kier molecular flexibility index (Phi) is 6.20. The first-order valence-electron chi connectivity index (χ1n) is 8.89. The number of aromatic nitrogens is 1. The molecular weight excluding hydrogens is 362 g/mol. The van der Waals surface area contributed by atoms with Gasteiger partial charge in [-0.25, -0.2) is 0 Å². The standard InChI is InChI=1S/C22H22ClNO3/c1-16-4-2-3-5-21(16)27-15-14-24-19(11-13-22(25)26)10-12-20(24)17-6-8-18(23)9-7-17/h2-10,12H,11,13-15H2,1H3,(H,25,26). The second kappa shape index (κ2) is 8.78. The van der Waals surface area contributed by atoms with Crippen molar-refractivity contribution in [3.8, 4) is 17.0 Å². The van der Waals surface area contributed by atoms with Gasteiger partial charge in [0.25, 0.3) is 0 Å². The molecule has 5 heteroatoms. The zero-order valence-corrected chi connectivity index (χ0v) is 15.9. The highest BCUT2D eigenvalue weighted by Gasteiger charge is 2.12. The summed E-state index contributed by atoms with van der Waals surface area (Å²) in [6.07, 6.45) is 0.579. The maximum atomic E-state index is 11.0. The summed E-state index contributed by atoms with van der Waals surface area (Å²) in [6.45, 7) is 3.15. The van der Waals surface area contributed by atoms with Gasteiger partial charge in [0, 0.05) is 16.4 Å². The molecule has 0 atom stereocenters. The molecule has 0 spiro atoms. The molecule has 0 radical (unpaired) electrons. The number of carbonyl (C=O) groups is 1. The Morgan fingerprint density at radius 1 is 1.07 bits per heavy atom. The van der Waals surface area contributed by atoms with Gasteiger partial charge >= 0.3 is 5.97 Å². The fraction of sp³-hybridized carbons (Fsp3) is 0.227. The van der Waals surface area contributed by atoms with Crippen molar-refractivity contribution in [2.24, 2.45) is 0 Å². The molecule has 0 aliphatic carbocycles. The normalized spacial score (nSPS) is 10.7. The molecular formula is C22H22ClNO3. The zero-order chi connectivity index (χ0) is 19.2. The van der Waals surface area contributed by atoms with E-state index in [1.54, 1.807) is 0 Å². The highest BCUT2D eigenvalue weighted by molar-refractivity contribution is 6.30. The van der Waals surface area contributed by atoms with Gasteiger partial charge in [-0.05, 0) is 54.8 Å². The van der Waals surface area contributed by atoms with Crippen LogP contribution in [0.1, 0.15) is 17.7 Å². The topological polar surface area (TPSA) is 51.5 Å². The summed E-state index contributed by atoms with van der Waals surface area (Å²) in [6, 6.07) is 19.6. The van der Waals surface area contributed by atoms with Gasteiger partial charge in [-0.1, -0.05) is 41.9 Å². The summed E-state index contributed by atoms with van der Waals surface area (Å²) in [5.41, 5.74) is 4.14. The number of carboxylic acid groups (broad SMARTS) is 1. The molecule has 1 aromatic heterocycles. The van der Waals surface area contributed by atoms with E-state index in [2.05, 4.69) is 4.57 Å². The van der Waals surface area contributed by atoms with Crippen LogP contribution < -0.4 is 4.74 Å². The first kappa shape index (κ1) is 19.1. The Balaban J connectivity index is 1.81. The third-order valence-corrected chi connectivity index (χ3v) is 4.72. The molecule has 3 rings (SSSR count). The van der Waals surface area contributed by atoms with E-state index in [1.807, 2.05) is 67.6 Å². The van der Waals surface area contributed by atoms with Crippen LogP contribution in [0.5, 0.6) is 5.75 Å². The van der Waals surface area contributed by atoms with Crippen LogP contribution in [-0.4, -0.2) is 22.2 Å². The Hall–Kier alpha value is -2.72. The van der Waals surface area contributed by atoms with E-state index in [1.165, 1.54) is 0 Å². The monoisotopic (exact) mass is 383 g/mol. The first-order valence-corrected chi connectivity index (χ1v) is 9.27. The zero-order valence-electron chi connectivity index (χ0n) is 15.2. The van der Waals surface area contributed by atoms with Gasteiger partial charge in [-0.3, -0.25) is 4.79 Å². The summed E-state index contributed by atoms with van der Waals surface area (Å²) in [5.74, 6) is 0.0664. The molecule has 0 unspecified atom stereocenters. The number of para-hydroxylation sites is 1. The van der Waals surface area contributed by atoms with E-state index in [9.17, 15) is 4.79 Å². The van der Waals surface area contributed by atoms with Gasteiger partial charge in [-0.15, -0.1) is 0 Å². The van der Waals surface area contributed by atoms with Crippen molar-refractivity contribution < 1.29 is 14.6 Å². The minimum atomic E-state index is -0.799. The molecule has 1 heterocycles. The van der Waals surface area contributed by atoms with E-state index in [0.717, 1.165) is 28.3 Å². The van der Waals surface area contributed by atoms with Crippen LogP contribution in [0.4, 0.5) is 0 Å². The van der Waals surface area contributed by atoms with E-state index in [0.29, 0.717) is 24.6 Å². The first-order chi connectivity index (χ1) is 13.0. The number of aryl methyl sites for hydroxylation is 2. The fourth-order valence-corrected chi connectivity index (χ4v) is 3.19. The SMILES string of the molecule is Cc1ccccc1OCCn1c(CCC(=O)O)ccc1-c1ccc(Cl)cc1. The van der Waals surface area contributed by atoms with Crippen LogP contribution in [0.3, 0.4) is 0 Å². The van der Waals surface area contributed by atoms with E-state index >= 15 is 0 Å². The molecule has 3 aromatic rings. The quantitative estimate of drug-likeness (QED) is 0.580. The third kappa shape index (κ3) is 4.92. The molecule has 0 saturated carbocycles. The molecule has 0 aliphatic rings. The molecule has 1 N–H and O–H groups in total. The van der Waals surface area contributed by atoms with Crippen molar-refractivity contribution in [3.63, 3.8) is 0 Å². The molecule has 0 amide bonds. The minimum absolute atomic E-state index is 0.0999. The van der Waals surface area contributed by atoms with Gasteiger partial charge in [0.05, 0.1) is 13.0 Å². The molecule has 0 bridgehead atoms. The van der Waals surface area contributed by atoms with Gasteiger partial charge in [0.1, 0.15) is 12.4 Å². The largest absolute Gasteiger partial charge is 0.491 e. The molecule has 2 aromatic carbocycles. The van der Waals surface area contributed by atoms with E-state index < -0.39 is 5.97 Å². The lowest BCUT2D eigenvalue weighted by molar-refractivity contribution is -0.136. The van der Waals surface area contributed by atoms with Crippen LogP contribution in [0.25, 0.3) is 11.3 Å². The van der Waals surface area contributed by atoms with Crippen LogP contribution in [0.2, 0.25) is 5.02 Å². The lowest BCUT2D eigenvalue weighted by atomic mass is 10.1. The summed E-state index contributed by atoms with van der Waals surface area (Å²) >= 11 is 6.00. The number of hydrogen-bond donors (Lipinski definition) is 1. The Labute approximate surface area is 164 Å². The molecule has 27 heavy (non-hydrogen) atoms. The second-order valence-corrected chi connectivity index (χ2v) is 6.81. The molecule has 0 fully saturated rings. The van der Waals surface area contributed by atoms with Gasteiger partial charge in [0.2, 0.25) is 0 Å². The van der Waals surface area contributed by atoms with Crippen LogP contribution in [0.15, 0.2) is 60.7 Å². The average Bonchev–Trinajstić information content (AvgIpc) is 3.05. The lowest BCUT2D eigenvalue weighted by Crippen LogP contribution is -2.13. The number of halogens is 1. The number of benzene rings is 2. The minimum Gasteiger partial charge on any atom is -0.491 e. The predicted molar refractivity (Wildman–Crippen MR) is 108 cm³/mol. The fourth-order valence-electron chi connectivity index (χ4n) is 3.07. The van der Waals surface area contributed by atoms with Gasteiger partial charge in [-0.2, -0.15) is 0 Å². The number of aliphatic carboxylic acids is 1. The summed E-state index contributed by atoms with van der Waals surface area (Å²) < 4.78 is 8.07. The molecule has 4 nitrogen and oxygen atoms in total. The van der Waals surface area contributed by atoms with Crippen LogP contribution in [0, 0.1) is 6.92 Å². The summed E-state index contributed by atoms with van der Waals surface area (Å²) in [5, 5.41) is 9.71. The maximum absolute atomic E-state index is 11.0. The Morgan fingerprint density at radius 2 is 1.81 bits per heavy atom. The highest BCUT2D eigenvalue weighted by Crippen LogP contribution is 2.25. The lowest BCUT2D eigenvalue weighted by Gasteiger charge is -2.15. The average molecular weight is 384 g/mol. The summed E-state index contributed by atoms with van der Waals surface area (Å²) in [7, 11) is 0. The smallest absolute Gasteiger partial charge is 0.303 e. The molecule has 140 valence electrons. The Morgan fingerprint density at radius 3 is 2.52 bits per heavy atom. The van der Waals surface area contributed by atoms with E-state index in [-0.39, 0.29) is 6.42 Å². The number of carboxylic acids is 1. The van der Waals surface area contributed by atoms with Crippen molar-refractivity contribution in [2.45, 2.75) is 26.3 Å². The van der Waals surface area contributed by atoms with Crippen LogP contribution in [-0.2, 0) is 17.8 Å². The van der Waals surface area contributed by atoms with E-state index in [4.69, 9.17) is 21.4 Å². The number of hydrogen-bond acceptors (Lipinski definition) is 2. The summed E-state index contributed by atoms with van der Waals surface area (Å²) in [4.78, 5) is 11.0. The van der Waals surface area contributed by atoms with Crippen molar-refractivity contribution in [3.05, 3.63) is 76.9 Å². The van der Waals surface area contributed by atoms with Crippen molar-refractivity contribution in [2.75, 3.05) is 6.61 Å². The molecule has 0 saturated heterocycles. The van der Waals surface area contributed by atoms with Gasteiger partial charge < -0.3 is 14.4 Å². The van der Waals surface area contributed by atoms with Crippen molar-refractivity contribution in [1.29, 1.82) is 0 Å². The number of ether oxygens (including phenoxy) is 1. The predicted octanol–water partition coefficient (Wildman–Crippen LogP) is 5.21. The second-order valence-electron chi connectivity index (χ2n) is 6.38. The highest BCUT2D eigenvalue weighted by atomic mass is 35.5. The number of rotatable bonds is 8. The third-order valence-electron chi connectivity index (χ3n) is 4.47. The van der Waals surface area contributed by atoms with Crippen LogP contribution >= 0.6 is 11.6 Å². The maximum Gasteiger partial charge on any atom is 0.303 e. The van der Waals surface area contributed by atoms with Crippen molar-refractivity contribution in [1.82, 2.24) is 4.57 Å². The molecule has 0 aliphatic heterocycles. The number of nitrogens with zero attached hydrogens (tertiary/aromatic N) is 1. The van der Waals surface area contributed by atoms with Gasteiger partial charge in [0.15, 0.2) is 0 Å². The van der Waals surface area contributed by atoms with Crippen molar-refractivity contribution >= 4 is 17.6 Å².